The second-order valence-corrected chi connectivity index (χ2v) is 3.82. The summed E-state index contributed by atoms with van der Waals surface area (Å²) in [5, 5.41) is 0. The number of hydrogen-bond acceptors (Lipinski definition) is 0. The monoisotopic (exact) mass is 227 g/mol. The van der Waals surface area contributed by atoms with Gasteiger partial charge in [-0.3, -0.25) is 6.08 Å². The third-order valence-electron chi connectivity index (χ3n) is 3.06. The van der Waals surface area contributed by atoms with E-state index in [2.05, 4.69) is 39.0 Å². The SMILES string of the molecule is CC1=[C-]CC=C1C1=C(C)C(C)=CC1.[Fe]. The van der Waals surface area contributed by atoms with Gasteiger partial charge in [0, 0.05) is 17.1 Å². The fourth-order valence-electron chi connectivity index (χ4n) is 2.02. The van der Waals surface area contributed by atoms with Crippen LogP contribution in [0.4, 0.5) is 0 Å². The zero-order chi connectivity index (χ0) is 9.42. The van der Waals surface area contributed by atoms with Crippen LogP contribution in [0.25, 0.3) is 0 Å². The summed E-state index contributed by atoms with van der Waals surface area (Å²) < 4.78 is 0. The van der Waals surface area contributed by atoms with Gasteiger partial charge in [0.05, 0.1) is 0 Å². The Kier molecular flexibility index (Phi) is 3.58. The van der Waals surface area contributed by atoms with Gasteiger partial charge < -0.3 is 0 Å². The minimum atomic E-state index is 0. The molecule has 0 radical (unpaired) electrons. The van der Waals surface area contributed by atoms with Crippen LogP contribution in [0.15, 0.2) is 40.0 Å². The maximum atomic E-state index is 3.35. The third-order valence-corrected chi connectivity index (χ3v) is 3.06. The van der Waals surface area contributed by atoms with Gasteiger partial charge in [-0.1, -0.05) is 24.1 Å². The van der Waals surface area contributed by atoms with Crippen LogP contribution < -0.4 is 0 Å². The standard InChI is InChI=1S/C13H15.Fe/c1-9-7-8-13(11(9)3)12-6-4-5-10(12)2;/h6-7H,4,8H2,1-3H3;/q-1;. The van der Waals surface area contributed by atoms with E-state index in [1.165, 1.54) is 27.9 Å². The Morgan fingerprint density at radius 2 is 1.86 bits per heavy atom. The summed E-state index contributed by atoms with van der Waals surface area (Å²) in [5.74, 6) is 0. The minimum absolute atomic E-state index is 0. The van der Waals surface area contributed by atoms with Gasteiger partial charge >= 0.3 is 0 Å². The Hall–Kier alpha value is -0.521. The fourth-order valence-corrected chi connectivity index (χ4v) is 2.02. The summed E-state index contributed by atoms with van der Waals surface area (Å²) in [6.07, 6.45) is 10.1. The Bertz CT molecular complexity index is 365. The van der Waals surface area contributed by atoms with Gasteiger partial charge in [-0.05, 0) is 20.3 Å². The molecule has 1 heteroatoms. The van der Waals surface area contributed by atoms with Crippen LogP contribution in [0.3, 0.4) is 0 Å². The van der Waals surface area contributed by atoms with E-state index in [1.807, 2.05) is 0 Å². The zero-order valence-electron chi connectivity index (χ0n) is 8.92. The molecular weight excluding hydrogens is 212 g/mol. The van der Waals surface area contributed by atoms with Crippen LogP contribution >= 0.6 is 0 Å². The largest absolute Gasteiger partial charge is 0.269 e. The molecule has 2 aliphatic carbocycles. The molecule has 0 aromatic carbocycles. The molecule has 0 aromatic heterocycles. The minimum Gasteiger partial charge on any atom is -0.269 e. The van der Waals surface area contributed by atoms with E-state index in [4.69, 9.17) is 0 Å². The van der Waals surface area contributed by atoms with E-state index in [0.29, 0.717) is 0 Å². The molecule has 0 heterocycles. The van der Waals surface area contributed by atoms with Crippen molar-refractivity contribution >= 4 is 0 Å². The van der Waals surface area contributed by atoms with Crippen molar-refractivity contribution in [3.63, 3.8) is 0 Å². The summed E-state index contributed by atoms with van der Waals surface area (Å²) in [6, 6.07) is 0. The molecule has 0 saturated heterocycles. The molecule has 0 aromatic rings. The van der Waals surface area contributed by atoms with Crippen molar-refractivity contribution in [3.8, 4) is 0 Å². The fraction of sp³-hybridized carbons (Fsp3) is 0.385. The zero-order valence-corrected chi connectivity index (χ0v) is 10.0. The van der Waals surface area contributed by atoms with Gasteiger partial charge in [0.25, 0.3) is 0 Å². The first-order valence-corrected chi connectivity index (χ1v) is 4.85. The molecule has 0 aliphatic heterocycles. The van der Waals surface area contributed by atoms with Crippen molar-refractivity contribution in [1.29, 1.82) is 0 Å². The van der Waals surface area contributed by atoms with Crippen molar-refractivity contribution < 1.29 is 17.1 Å². The van der Waals surface area contributed by atoms with Crippen molar-refractivity contribution in [1.82, 2.24) is 0 Å². The molecule has 2 aliphatic rings. The van der Waals surface area contributed by atoms with Crippen LogP contribution in [0.1, 0.15) is 33.6 Å². The van der Waals surface area contributed by atoms with Gasteiger partial charge in [0.2, 0.25) is 0 Å². The van der Waals surface area contributed by atoms with E-state index in [-0.39, 0.29) is 17.1 Å². The summed E-state index contributed by atoms with van der Waals surface area (Å²) in [5.41, 5.74) is 7.19. The van der Waals surface area contributed by atoms with E-state index in [1.54, 1.807) is 0 Å². The maximum absolute atomic E-state index is 3.35. The number of rotatable bonds is 1. The first-order chi connectivity index (χ1) is 6.20. The van der Waals surface area contributed by atoms with Crippen molar-refractivity contribution in [3.05, 3.63) is 46.1 Å². The molecule has 0 N–H and O–H groups in total. The Balaban J connectivity index is 0.000000980. The quantitative estimate of drug-likeness (QED) is 0.473. The van der Waals surface area contributed by atoms with Gasteiger partial charge in [0.1, 0.15) is 0 Å². The predicted octanol–water partition coefficient (Wildman–Crippen LogP) is 3.73. The molecule has 0 bridgehead atoms. The van der Waals surface area contributed by atoms with Gasteiger partial charge in [0.15, 0.2) is 0 Å². The average Bonchev–Trinajstić information content (AvgIpc) is 2.62. The van der Waals surface area contributed by atoms with Crippen LogP contribution in [0.5, 0.6) is 0 Å². The first kappa shape index (κ1) is 11.6. The molecule has 0 unspecified atom stereocenters. The average molecular weight is 227 g/mol. The van der Waals surface area contributed by atoms with Gasteiger partial charge in [-0.2, -0.15) is 11.6 Å². The first-order valence-electron chi connectivity index (χ1n) is 4.85. The third kappa shape index (κ3) is 1.80. The van der Waals surface area contributed by atoms with Gasteiger partial charge in [-0.25, -0.2) is 5.57 Å². The van der Waals surface area contributed by atoms with E-state index >= 15 is 0 Å². The molecule has 0 fully saturated rings. The van der Waals surface area contributed by atoms with Crippen LogP contribution in [-0.2, 0) is 17.1 Å². The maximum Gasteiger partial charge on any atom is 0 e. The predicted molar refractivity (Wildman–Crippen MR) is 56.2 cm³/mol. The smallest absolute Gasteiger partial charge is 0 e. The topological polar surface area (TPSA) is 0 Å². The van der Waals surface area contributed by atoms with Crippen LogP contribution in [0.2, 0.25) is 0 Å². The summed E-state index contributed by atoms with van der Waals surface area (Å²) in [4.78, 5) is 0. The Labute approximate surface area is 96.9 Å². The van der Waals surface area contributed by atoms with E-state index < -0.39 is 0 Å². The molecule has 0 saturated carbocycles. The molecule has 76 valence electrons. The molecule has 0 amide bonds. The van der Waals surface area contributed by atoms with Crippen LogP contribution in [0, 0.1) is 6.08 Å². The summed E-state index contributed by atoms with van der Waals surface area (Å²) in [7, 11) is 0. The molecule has 14 heavy (non-hydrogen) atoms. The van der Waals surface area contributed by atoms with Crippen molar-refractivity contribution in [2.75, 3.05) is 0 Å². The second kappa shape index (κ2) is 4.33. The van der Waals surface area contributed by atoms with Gasteiger partial charge in [-0.15, -0.1) is 12.0 Å². The molecule has 0 atom stereocenters. The molecular formula is C13H15Fe-. The normalized spacial score (nSPS) is 20.4. The Morgan fingerprint density at radius 1 is 1.14 bits per heavy atom. The molecule has 0 nitrogen and oxygen atoms in total. The van der Waals surface area contributed by atoms with E-state index in [0.717, 1.165) is 12.8 Å². The number of allylic oxidation sites excluding steroid dienone is 8. The van der Waals surface area contributed by atoms with Crippen LogP contribution in [-0.4, -0.2) is 0 Å². The Morgan fingerprint density at radius 3 is 2.29 bits per heavy atom. The summed E-state index contributed by atoms with van der Waals surface area (Å²) in [6.45, 7) is 6.58. The number of hydrogen-bond donors (Lipinski definition) is 0. The van der Waals surface area contributed by atoms with Crippen molar-refractivity contribution in [2.24, 2.45) is 0 Å². The van der Waals surface area contributed by atoms with E-state index in [9.17, 15) is 0 Å². The second-order valence-electron chi connectivity index (χ2n) is 3.82. The van der Waals surface area contributed by atoms with Crippen molar-refractivity contribution in [2.45, 2.75) is 33.6 Å². The summed E-state index contributed by atoms with van der Waals surface area (Å²) >= 11 is 0. The molecule has 0 spiro atoms. The molecule has 2 rings (SSSR count).